The lowest BCUT2D eigenvalue weighted by atomic mass is 10.1. The third kappa shape index (κ3) is 5.64. The van der Waals surface area contributed by atoms with E-state index in [1.165, 1.54) is 25.9 Å². The molecule has 1 heterocycles. The molecule has 3 rings (SSSR count). The van der Waals surface area contributed by atoms with Crippen LogP contribution in [-0.2, 0) is 19.2 Å². The van der Waals surface area contributed by atoms with Gasteiger partial charge in [-0.3, -0.25) is 4.68 Å². The van der Waals surface area contributed by atoms with Crippen molar-refractivity contribution in [2.24, 2.45) is 12.8 Å². The van der Waals surface area contributed by atoms with Gasteiger partial charge in [-0.25, -0.2) is 0 Å². The average Bonchev–Trinajstić information content (AvgIpc) is 2.91. The van der Waals surface area contributed by atoms with Crippen molar-refractivity contribution >= 4 is 39.5 Å². The van der Waals surface area contributed by atoms with Gasteiger partial charge in [-0.2, -0.15) is 5.10 Å². The lowest BCUT2D eigenvalue weighted by Crippen LogP contribution is -2.18. The van der Waals surface area contributed by atoms with Crippen LogP contribution < -0.4 is 5.73 Å². The van der Waals surface area contributed by atoms with E-state index in [1.807, 2.05) is 23.5 Å². The Hall–Kier alpha value is -1.21. The van der Waals surface area contributed by atoms with Crippen molar-refractivity contribution in [3.8, 4) is 0 Å². The van der Waals surface area contributed by atoms with Gasteiger partial charge >= 0.3 is 0 Å². The first kappa shape index (κ1) is 20.5. The third-order valence-corrected chi connectivity index (χ3v) is 6.89. The summed E-state index contributed by atoms with van der Waals surface area (Å²) in [6, 6.07) is 17.1. The third-order valence-electron chi connectivity index (χ3n) is 4.12. The highest BCUT2D eigenvalue weighted by Crippen LogP contribution is 2.35. The van der Waals surface area contributed by atoms with E-state index in [-0.39, 0.29) is 6.04 Å². The maximum Gasteiger partial charge on any atom is 0.102 e. The Kier molecular flexibility index (Phi) is 7.09. The molecule has 0 saturated carbocycles. The quantitative estimate of drug-likeness (QED) is 0.449. The number of hydrogen-bond donors (Lipinski definition) is 1. The van der Waals surface area contributed by atoms with Crippen LogP contribution in [0.1, 0.15) is 23.7 Å². The number of halogens is 1. The van der Waals surface area contributed by atoms with Gasteiger partial charge in [0.1, 0.15) is 5.03 Å². The molecule has 3 aromatic rings. The molecule has 0 fully saturated rings. The Morgan fingerprint density at radius 2 is 1.70 bits per heavy atom. The van der Waals surface area contributed by atoms with Crippen LogP contribution in [-0.4, -0.2) is 15.8 Å². The second-order valence-electron chi connectivity index (χ2n) is 6.69. The molecule has 0 aliphatic heterocycles. The fraction of sp³-hybridized carbons (Fsp3) is 0.286. The minimum atomic E-state index is 0.0987. The van der Waals surface area contributed by atoms with E-state index in [0.29, 0.717) is 0 Å². The van der Waals surface area contributed by atoms with Crippen LogP contribution in [0.25, 0.3) is 0 Å². The van der Waals surface area contributed by atoms with E-state index in [9.17, 15) is 0 Å². The number of benzene rings is 2. The molecule has 0 aliphatic rings. The van der Waals surface area contributed by atoms with Crippen LogP contribution in [0, 0.1) is 6.92 Å². The second kappa shape index (κ2) is 9.32. The summed E-state index contributed by atoms with van der Waals surface area (Å²) in [6.45, 7) is 4.16. The summed E-state index contributed by atoms with van der Waals surface area (Å²) in [7, 11) is 2.02. The Labute approximate surface area is 178 Å². The van der Waals surface area contributed by atoms with E-state index < -0.39 is 0 Å². The second-order valence-corrected chi connectivity index (χ2v) is 9.72. The standard InChI is InChI=1S/C21H24BrN3S2/c1-14-4-8-17(9-5-14)26-13-20-19(12-15(2)23)21(25(3)24-20)27-18-10-6-16(22)7-11-18/h4-11,15H,12-13,23H2,1-3H3. The zero-order chi connectivity index (χ0) is 19.4. The van der Waals surface area contributed by atoms with Crippen molar-refractivity contribution in [3.05, 3.63) is 69.8 Å². The molecular weight excluding hydrogens is 438 g/mol. The smallest absolute Gasteiger partial charge is 0.102 e. The fourth-order valence-corrected chi connectivity index (χ4v) is 4.90. The topological polar surface area (TPSA) is 43.8 Å². The number of nitrogens with two attached hydrogens (primary N) is 1. The molecule has 1 unspecified atom stereocenters. The highest BCUT2D eigenvalue weighted by atomic mass is 79.9. The zero-order valence-corrected chi connectivity index (χ0v) is 19.0. The zero-order valence-electron chi connectivity index (χ0n) is 15.8. The summed E-state index contributed by atoms with van der Waals surface area (Å²) in [5.74, 6) is 0.847. The molecule has 0 amide bonds. The van der Waals surface area contributed by atoms with Crippen molar-refractivity contribution in [1.29, 1.82) is 0 Å². The van der Waals surface area contributed by atoms with Crippen LogP contribution >= 0.6 is 39.5 Å². The number of hydrogen-bond acceptors (Lipinski definition) is 4. The Bertz CT molecular complexity index is 887. The summed E-state index contributed by atoms with van der Waals surface area (Å²) in [5, 5.41) is 6.00. The molecule has 3 nitrogen and oxygen atoms in total. The maximum atomic E-state index is 6.15. The summed E-state index contributed by atoms with van der Waals surface area (Å²) < 4.78 is 3.08. The van der Waals surface area contributed by atoms with Gasteiger partial charge in [0.05, 0.1) is 5.69 Å². The van der Waals surface area contributed by atoms with E-state index in [0.717, 1.165) is 22.3 Å². The molecule has 0 aliphatic carbocycles. The Morgan fingerprint density at radius 1 is 1.07 bits per heavy atom. The van der Waals surface area contributed by atoms with Crippen LogP contribution in [0.5, 0.6) is 0 Å². The molecule has 6 heteroatoms. The summed E-state index contributed by atoms with van der Waals surface area (Å²) >= 11 is 7.07. The van der Waals surface area contributed by atoms with Crippen molar-refractivity contribution in [1.82, 2.24) is 9.78 Å². The van der Waals surface area contributed by atoms with Gasteiger partial charge in [0.2, 0.25) is 0 Å². The number of nitrogens with zero attached hydrogens (tertiary/aromatic N) is 2. The van der Waals surface area contributed by atoms with Gasteiger partial charge < -0.3 is 5.73 Å². The molecule has 2 aromatic carbocycles. The predicted molar refractivity (Wildman–Crippen MR) is 120 cm³/mol. The van der Waals surface area contributed by atoms with Crippen LogP contribution in [0.15, 0.2) is 67.8 Å². The van der Waals surface area contributed by atoms with Gasteiger partial charge in [0.15, 0.2) is 0 Å². The molecule has 142 valence electrons. The summed E-state index contributed by atoms with van der Waals surface area (Å²) in [4.78, 5) is 2.46. The van der Waals surface area contributed by atoms with Gasteiger partial charge in [-0.15, -0.1) is 11.8 Å². The monoisotopic (exact) mass is 461 g/mol. The van der Waals surface area contributed by atoms with E-state index >= 15 is 0 Å². The van der Waals surface area contributed by atoms with Crippen molar-refractivity contribution in [2.45, 2.75) is 46.9 Å². The molecular formula is C21H24BrN3S2. The summed E-state index contributed by atoms with van der Waals surface area (Å²) in [5.41, 5.74) is 9.82. The molecule has 0 bridgehead atoms. The van der Waals surface area contributed by atoms with E-state index in [1.54, 1.807) is 11.8 Å². The lowest BCUT2D eigenvalue weighted by Gasteiger charge is -2.10. The van der Waals surface area contributed by atoms with Gasteiger partial charge in [-0.1, -0.05) is 45.4 Å². The van der Waals surface area contributed by atoms with Crippen LogP contribution in [0.4, 0.5) is 0 Å². The molecule has 27 heavy (non-hydrogen) atoms. The number of aromatic nitrogens is 2. The van der Waals surface area contributed by atoms with E-state index in [2.05, 4.69) is 78.3 Å². The first-order valence-corrected chi connectivity index (χ1v) is 11.4. The SMILES string of the molecule is Cc1ccc(SCc2nn(C)c(Sc3ccc(Br)cc3)c2CC(C)N)cc1. The van der Waals surface area contributed by atoms with E-state index in [4.69, 9.17) is 10.8 Å². The molecule has 0 radical (unpaired) electrons. The molecule has 0 saturated heterocycles. The maximum absolute atomic E-state index is 6.15. The first-order valence-electron chi connectivity index (χ1n) is 8.85. The van der Waals surface area contributed by atoms with Crippen molar-refractivity contribution in [3.63, 3.8) is 0 Å². The predicted octanol–water partition coefficient (Wildman–Crippen LogP) is 5.82. The van der Waals surface area contributed by atoms with Gasteiger partial charge in [0.25, 0.3) is 0 Å². The van der Waals surface area contributed by atoms with Crippen LogP contribution in [0.3, 0.4) is 0 Å². The van der Waals surface area contributed by atoms with Crippen LogP contribution in [0.2, 0.25) is 0 Å². The summed E-state index contributed by atoms with van der Waals surface area (Å²) in [6.07, 6.45) is 0.830. The average molecular weight is 462 g/mol. The molecule has 1 atom stereocenters. The highest BCUT2D eigenvalue weighted by Gasteiger charge is 2.18. The minimum Gasteiger partial charge on any atom is -0.328 e. The van der Waals surface area contributed by atoms with Gasteiger partial charge in [-0.05, 0) is 56.7 Å². The lowest BCUT2D eigenvalue weighted by molar-refractivity contribution is 0.677. The van der Waals surface area contributed by atoms with Crippen molar-refractivity contribution < 1.29 is 0 Å². The normalized spacial score (nSPS) is 12.3. The van der Waals surface area contributed by atoms with Crippen molar-refractivity contribution in [2.75, 3.05) is 0 Å². The Balaban J connectivity index is 1.84. The number of aryl methyl sites for hydroxylation is 2. The molecule has 0 spiro atoms. The molecule has 1 aromatic heterocycles. The molecule has 2 N–H and O–H groups in total. The Morgan fingerprint density at radius 3 is 2.33 bits per heavy atom. The fourth-order valence-electron chi connectivity index (χ4n) is 2.78. The highest BCUT2D eigenvalue weighted by molar-refractivity contribution is 9.10. The minimum absolute atomic E-state index is 0.0987. The number of thioether (sulfide) groups is 1. The largest absolute Gasteiger partial charge is 0.328 e. The van der Waals surface area contributed by atoms with Gasteiger partial charge in [0, 0.05) is 38.7 Å². The number of rotatable bonds is 7. The first-order chi connectivity index (χ1) is 12.9.